The summed E-state index contributed by atoms with van der Waals surface area (Å²) >= 11 is 0. The van der Waals surface area contributed by atoms with Crippen LogP contribution in [0.15, 0.2) is 30.5 Å². The fourth-order valence-electron chi connectivity index (χ4n) is 2.49. The summed E-state index contributed by atoms with van der Waals surface area (Å²) in [6.45, 7) is 2.22. The molecule has 0 aliphatic heterocycles. The van der Waals surface area contributed by atoms with Crippen LogP contribution in [-0.4, -0.2) is 37.8 Å². The molecule has 2 aromatic heterocycles. The highest BCUT2D eigenvalue weighted by Gasteiger charge is 2.11. The lowest BCUT2D eigenvalue weighted by Crippen LogP contribution is -2.18. The van der Waals surface area contributed by atoms with E-state index in [0.717, 1.165) is 34.5 Å². The van der Waals surface area contributed by atoms with E-state index in [1.54, 1.807) is 4.68 Å². The zero-order valence-electron chi connectivity index (χ0n) is 12.8. The van der Waals surface area contributed by atoms with Gasteiger partial charge >= 0.3 is 0 Å². The smallest absolute Gasteiger partial charge is 0.130 e. The highest BCUT2D eigenvalue weighted by atomic mass is 16.5. The third kappa shape index (κ3) is 3.12. The molecule has 2 heterocycles. The van der Waals surface area contributed by atoms with E-state index in [4.69, 9.17) is 4.74 Å². The van der Waals surface area contributed by atoms with Gasteiger partial charge in [0, 0.05) is 18.9 Å². The molecule has 0 amide bonds. The van der Waals surface area contributed by atoms with E-state index >= 15 is 0 Å². The highest BCUT2D eigenvalue weighted by molar-refractivity contribution is 5.87. The molecule has 22 heavy (non-hydrogen) atoms. The summed E-state index contributed by atoms with van der Waals surface area (Å²) in [5.41, 5.74) is 2.82. The van der Waals surface area contributed by atoms with Gasteiger partial charge in [-0.3, -0.25) is 9.78 Å². The quantitative estimate of drug-likeness (QED) is 0.730. The third-order valence-electron chi connectivity index (χ3n) is 3.66. The Bertz CT molecular complexity index is 762. The van der Waals surface area contributed by atoms with E-state index in [1.807, 2.05) is 44.4 Å². The second-order valence-electron chi connectivity index (χ2n) is 5.48. The molecule has 2 N–H and O–H groups in total. The zero-order chi connectivity index (χ0) is 15.5. The zero-order valence-corrected chi connectivity index (χ0v) is 12.8. The van der Waals surface area contributed by atoms with Gasteiger partial charge in [-0.05, 0) is 38.0 Å². The number of benzene rings is 1. The minimum Gasteiger partial charge on any atom is -0.490 e. The first-order chi connectivity index (χ1) is 10.6. The molecule has 0 aliphatic rings. The van der Waals surface area contributed by atoms with Crippen LogP contribution in [0.3, 0.4) is 0 Å². The monoisotopic (exact) mass is 300 g/mol. The second kappa shape index (κ2) is 6.19. The van der Waals surface area contributed by atoms with Crippen molar-refractivity contribution in [3.05, 3.63) is 41.9 Å². The molecule has 1 aromatic carbocycles. The van der Waals surface area contributed by atoms with Gasteiger partial charge in [0.15, 0.2) is 0 Å². The molecule has 3 aromatic rings. The maximum Gasteiger partial charge on any atom is 0.130 e. The lowest BCUT2D eigenvalue weighted by Gasteiger charge is -2.12. The van der Waals surface area contributed by atoms with E-state index < -0.39 is 6.10 Å². The molecule has 0 saturated heterocycles. The van der Waals surface area contributed by atoms with Crippen molar-refractivity contribution >= 4 is 10.9 Å². The number of nitrogens with zero attached hydrogens (tertiary/aromatic N) is 3. The summed E-state index contributed by atoms with van der Waals surface area (Å²) in [5, 5.41) is 22.5. The number of aryl methyl sites for hydroxylation is 3. The van der Waals surface area contributed by atoms with Gasteiger partial charge in [0.1, 0.15) is 12.4 Å². The maximum atomic E-state index is 10.1. The molecule has 0 aliphatic carbocycles. The molecule has 0 saturated carbocycles. The summed E-state index contributed by atoms with van der Waals surface area (Å²) in [5.74, 6) is 0.751. The van der Waals surface area contributed by atoms with E-state index in [9.17, 15) is 5.11 Å². The van der Waals surface area contributed by atoms with Crippen molar-refractivity contribution in [3.63, 3.8) is 0 Å². The van der Waals surface area contributed by atoms with Crippen LogP contribution in [0.5, 0.6) is 5.75 Å². The molecule has 0 unspecified atom stereocenters. The first kappa shape index (κ1) is 14.6. The molecular formula is C16H20N4O2. The standard InChI is InChI=1S/C16H20N4O2/c1-11-16-14(18-17-11)4-3-5-15(16)22-10-13(21)7-6-12-8-9-20(2)19-12/h3-5,8-9,13,21H,6-7,10H2,1-2H3,(H,17,18)/t13-/m0/s1. The van der Waals surface area contributed by atoms with E-state index in [-0.39, 0.29) is 6.61 Å². The van der Waals surface area contributed by atoms with Crippen molar-refractivity contribution in [1.82, 2.24) is 20.0 Å². The molecular weight excluding hydrogens is 280 g/mol. The molecule has 0 bridgehead atoms. The number of ether oxygens (including phenoxy) is 1. The Kier molecular flexibility index (Phi) is 4.11. The Morgan fingerprint density at radius 2 is 2.23 bits per heavy atom. The number of nitrogens with one attached hydrogen (secondary N) is 1. The summed E-state index contributed by atoms with van der Waals surface area (Å²) in [6.07, 6.45) is 2.74. The number of hydrogen-bond acceptors (Lipinski definition) is 4. The van der Waals surface area contributed by atoms with Crippen LogP contribution < -0.4 is 4.74 Å². The van der Waals surface area contributed by atoms with E-state index in [1.165, 1.54) is 0 Å². The van der Waals surface area contributed by atoms with Gasteiger partial charge < -0.3 is 9.84 Å². The minimum absolute atomic E-state index is 0.260. The second-order valence-corrected chi connectivity index (χ2v) is 5.48. The first-order valence-electron chi connectivity index (χ1n) is 7.36. The molecule has 3 rings (SSSR count). The molecule has 0 fully saturated rings. The molecule has 0 radical (unpaired) electrons. The third-order valence-corrected chi connectivity index (χ3v) is 3.66. The molecule has 1 atom stereocenters. The van der Waals surface area contributed by atoms with E-state index in [2.05, 4.69) is 15.3 Å². The van der Waals surface area contributed by atoms with Crippen LogP contribution in [-0.2, 0) is 13.5 Å². The lowest BCUT2D eigenvalue weighted by atomic mass is 10.1. The van der Waals surface area contributed by atoms with Gasteiger partial charge in [-0.1, -0.05) is 6.07 Å². The number of rotatable bonds is 6. The topological polar surface area (TPSA) is 76.0 Å². The first-order valence-corrected chi connectivity index (χ1v) is 7.36. The van der Waals surface area contributed by atoms with Crippen LogP contribution >= 0.6 is 0 Å². The minimum atomic E-state index is -0.524. The maximum absolute atomic E-state index is 10.1. The van der Waals surface area contributed by atoms with Crippen LogP contribution in [0.2, 0.25) is 0 Å². The fourth-order valence-corrected chi connectivity index (χ4v) is 2.49. The van der Waals surface area contributed by atoms with Crippen molar-refractivity contribution in [2.24, 2.45) is 7.05 Å². The summed E-state index contributed by atoms with van der Waals surface area (Å²) in [4.78, 5) is 0. The van der Waals surface area contributed by atoms with Crippen molar-refractivity contribution in [3.8, 4) is 5.75 Å². The molecule has 116 valence electrons. The largest absolute Gasteiger partial charge is 0.490 e. The summed E-state index contributed by atoms with van der Waals surface area (Å²) in [7, 11) is 1.89. The van der Waals surface area contributed by atoms with Crippen molar-refractivity contribution in [2.75, 3.05) is 6.61 Å². The predicted octanol–water partition coefficient (Wildman–Crippen LogP) is 1.98. The van der Waals surface area contributed by atoms with E-state index in [0.29, 0.717) is 6.42 Å². The average Bonchev–Trinajstić information content (AvgIpc) is 3.10. The van der Waals surface area contributed by atoms with Crippen LogP contribution in [0.4, 0.5) is 0 Å². The van der Waals surface area contributed by atoms with Crippen LogP contribution in [0.25, 0.3) is 10.9 Å². The van der Waals surface area contributed by atoms with Crippen molar-refractivity contribution in [2.45, 2.75) is 25.9 Å². The Hall–Kier alpha value is -2.34. The number of aliphatic hydroxyl groups is 1. The SMILES string of the molecule is Cc1[nH]nc2cccc(OC[C@@H](O)CCc3ccn(C)n3)c12. The Labute approximate surface area is 128 Å². The number of H-pyrrole nitrogens is 1. The fraction of sp³-hybridized carbons (Fsp3) is 0.375. The van der Waals surface area contributed by atoms with Gasteiger partial charge in [0.05, 0.1) is 22.7 Å². The van der Waals surface area contributed by atoms with Gasteiger partial charge in [-0.15, -0.1) is 0 Å². The Balaban J connectivity index is 1.58. The Morgan fingerprint density at radius 3 is 3.00 bits per heavy atom. The normalized spacial score (nSPS) is 12.7. The Morgan fingerprint density at radius 1 is 1.36 bits per heavy atom. The van der Waals surface area contributed by atoms with Gasteiger partial charge in [0.2, 0.25) is 0 Å². The number of fused-ring (bicyclic) bond motifs is 1. The van der Waals surface area contributed by atoms with Gasteiger partial charge in [-0.2, -0.15) is 10.2 Å². The van der Waals surface area contributed by atoms with Gasteiger partial charge in [0.25, 0.3) is 0 Å². The molecule has 6 nitrogen and oxygen atoms in total. The molecule has 0 spiro atoms. The number of aromatic nitrogens is 4. The van der Waals surface area contributed by atoms with Gasteiger partial charge in [-0.25, -0.2) is 0 Å². The summed E-state index contributed by atoms with van der Waals surface area (Å²) in [6, 6.07) is 7.70. The van der Waals surface area contributed by atoms with Crippen molar-refractivity contribution < 1.29 is 9.84 Å². The predicted molar refractivity (Wildman–Crippen MR) is 83.9 cm³/mol. The van der Waals surface area contributed by atoms with Crippen LogP contribution in [0, 0.1) is 6.92 Å². The van der Waals surface area contributed by atoms with Crippen molar-refractivity contribution in [1.29, 1.82) is 0 Å². The highest BCUT2D eigenvalue weighted by Crippen LogP contribution is 2.26. The number of aliphatic hydroxyl groups excluding tert-OH is 1. The van der Waals surface area contributed by atoms with Crippen LogP contribution in [0.1, 0.15) is 17.8 Å². The molecule has 6 heteroatoms. The number of hydrogen-bond donors (Lipinski definition) is 2. The lowest BCUT2D eigenvalue weighted by molar-refractivity contribution is 0.101. The summed E-state index contributed by atoms with van der Waals surface area (Å²) < 4.78 is 7.54. The average molecular weight is 300 g/mol. The number of aromatic amines is 1.